The summed E-state index contributed by atoms with van der Waals surface area (Å²) >= 11 is 0. The summed E-state index contributed by atoms with van der Waals surface area (Å²) in [5.41, 5.74) is 6.66. The molecule has 0 amide bonds. The van der Waals surface area contributed by atoms with E-state index in [1.165, 1.54) is 0 Å². The fourth-order valence-corrected chi connectivity index (χ4v) is 2.70. The Morgan fingerprint density at radius 1 is 1.11 bits per heavy atom. The smallest absolute Gasteiger partial charge is 0.159 e. The number of allylic oxidation sites excluding steroid dienone is 3. The molecule has 0 unspecified atom stereocenters. The largest absolute Gasteiger partial charge is 0.245 e. The van der Waals surface area contributed by atoms with E-state index in [1.807, 2.05) is 62.4 Å². The van der Waals surface area contributed by atoms with E-state index in [2.05, 4.69) is 37.3 Å². The van der Waals surface area contributed by atoms with Crippen LogP contribution < -0.4 is 0 Å². The van der Waals surface area contributed by atoms with Gasteiger partial charge in [-0.15, -0.1) is 0 Å². The average molecular weight is 353 g/mol. The summed E-state index contributed by atoms with van der Waals surface area (Å²) in [7, 11) is 0. The predicted octanol–water partition coefficient (Wildman–Crippen LogP) is 6.26. The normalized spacial score (nSPS) is 12.1. The highest BCUT2D eigenvalue weighted by molar-refractivity contribution is 6.04. The zero-order valence-corrected chi connectivity index (χ0v) is 16.0. The molecule has 0 N–H and O–H groups in total. The molecule has 0 atom stereocenters. The number of hydrogen-bond donors (Lipinski definition) is 0. The molecule has 0 saturated carbocycles. The lowest BCUT2D eigenvalue weighted by Gasteiger charge is -2.11. The topological polar surface area (TPSA) is 48.5 Å². The lowest BCUT2D eigenvalue weighted by atomic mass is 9.96. The van der Waals surface area contributed by atoms with Gasteiger partial charge in [-0.1, -0.05) is 43.0 Å². The lowest BCUT2D eigenvalue weighted by molar-refractivity contribution is 1.34. The Labute approximate surface area is 161 Å². The summed E-state index contributed by atoms with van der Waals surface area (Å²) in [4.78, 5) is 8.77. The van der Waals surface area contributed by atoms with Gasteiger partial charge in [-0.25, -0.2) is 9.98 Å². The predicted molar refractivity (Wildman–Crippen MR) is 116 cm³/mol. The van der Waals surface area contributed by atoms with E-state index in [0.29, 0.717) is 11.4 Å². The molecular formula is C24H23N3. The van der Waals surface area contributed by atoms with Gasteiger partial charge in [0, 0.05) is 5.57 Å². The minimum Gasteiger partial charge on any atom is -0.245 e. The summed E-state index contributed by atoms with van der Waals surface area (Å²) in [5, 5.41) is 8.97. The summed E-state index contributed by atoms with van der Waals surface area (Å²) in [6, 6.07) is 13.9. The molecule has 3 nitrogen and oxygen atoms in total. The average Bonchev–Trinajstić information content (AvgIpc) is 2.69. The van der Waals surface area contributed by atoms with Crippen LogP contribution in [0.15, 0.2) is 82.8 Å². The second kappa shape index (κ2) is 9.26. The Hall–Kier alpha value is -3.51. The molecule has 2 aromatic rings. The maximum absolute atomic E-state index is 8.97. The van der Waals surface area contributed by atoms with E-state index in [-0.39, 0.29) is 0 Å². The SMILES string of the molecule is C=C/C(=C\C=C/C)C(N=C)=Nc1cc(C)c(-c2ccc(C#N)cc2)cc1C. The van der Waals surface area contributed by atoms with Crippen molar-refractivity contribution >= 4 is 18.2 Å². The first-order valence-corrected chi connectivity index (χ1v) is 8.67. The molecule has 0 aromatic heterocycles. The molecule has 0 aliphatic rings. The minimum absolute atomic E-state index is 0.539. The number of aryl methyl sites for hydroxylation is 2. The number of rotatable bonds is 5. The van der Waals surface area contributed by atoms with Crippen LogP contribution in [0.2, 0.25) is 0 Å². The lowest BCUT2D eigenvalue weighted by Crippen LogP contribution is -1.97. The third-order valence-electron chi connectivity index (χ3n) is 4.19. The maximum Gasteiger partial charge on any atom is 0.159 e. The fourth-order valence-electron chi connectivity index (χ4n) is 2.70. The molecule has 0 fully saturated rings. The summed E-state index contributed by atoms with van der Waals surface area (Å²) in [6.45, 7) is 13.5. The van der Waals surface area contributed by atoms with Crippen molar-refractivity contribution in [1.82, 2.24) is 0 Å². The second-order valence-electron chi connectivity index (χ2n) is 6.09. The zero-order valence-electron chi connectivity index (χ0n) is 16.0. The van der Waals surface area contributed by atoms with Gasteiger partial charge in [0.25, 0.3) is 0 Å². The molecule has 27 heavy (non-hydrogen) atoms. The van der Waals surface area contributed by atoms with E-state index in [4.69, 9.17) is 10.3 Å². The van der Waals surface area contributed by atoms with Gasteiger partial charge in [0.2, 0.25) is 0 Å². The molecule has 0 spiro atoms. The number of aliphatic imine (C=N–C) groups is 2. The Morgan fingerprint density at radius 3 is 2.37 bits per heavy atom. The van der Waals surface area contributed by atoms with E-state index in [1.54, 1.807) is 6.08 Å². The molecule has 0 radical (unpaired) electrons. The zero-order chi connectivity index (χ0) is 19.8. The number of benzene rings is 2. The second-order valence-corrected chi connectivity index (χ2v) is 6.09. The van der Waals surface area contributed by atoms with Gasteiger partial charge in [-0.2, -0.15) is 5.26 Å². The van der Waals surface area contributed by atoms with Gasteiger partial charge in [0.1, 0.15) is 0 Å². The number of amidine groups is 1. The summed E-state index contributed by atoms with van der Waals surface area (Å²) < 4.78 is 0. The molecule has 0 aliphatic heterocycles. The van der Waals surface area contributed by atoms with E-state index in [9.17, 15) is 0 Å². The van der Waals surface area contributed by atoms with Gasteiger partial charge in [-0.3, -0.25) is 0 Å². The minimum atomic E-state index is 0.539. The van der Waals surface area contributed by atoms with Gasteiger partial charge in [0.05, 0.1) is 17.3 Å². The highest BCUT2D eigenvalue weighted by Crippen LogP contribution is 2.31. The van der Waals surface area contributed by atoms with Crippen LogP contribution in [0.5, 0.6) is 0 Å². The van der Waals surface area contributed by atoms with Gasteiger partial charge in [-0.05, 0) is 74.0 Å². The summed E-state index contributed by atoms with van der Waals surface area (Å²) in [5.74, 6) is 0.539. The first-order chi connectivity index (χ1) is 13.0. The van der Waals surface area contributed by atoms with Crippen molar-refractivity contribution in [3.63, 3.8) is 0 Å². The Balaban J connectivity index is 2.50. The molecule has 2 rings (SSSR count). The van der Waals surface area contributed by atoms with Gasteiger partial charge < -0.3 is 0 Å². The molecule has 0 aliphatic carbocycles. The number of nitrogens with zero attached hydrogens (tertiary/aromatic N) is 3. The third kappa shape index (κ3) is 4.77. The first kappa shape index (κ1) is 19.8. The fraction of sp³-hybridized carbons (Fsp3) is 0.125. The van der Waals surface area contributed by atoms with Crippen molar-refractivity contribution in [2.24, 2.45) is 9.98 Å². The van der Waals surface area contributed by atoms with Crippen molar-refractivity contribution in [1.29, 1.82) is 5.26 Å². The van der Waals surface area contributed by atoms with Crippen LogP contribution in [0, 0.1) is 25.2 Å². The third-order valence-corrected chi connectivity index (χ3v) is 4.19. The van der Waals surface area contributed by atoms with E-state index < -0.39 is 0 Å². The molecule has 2 aromatic carbocycles. The maximum atomic E-state index is 8.97. The number of hydrogen-bond acceptors (Lipinski definition) is 2. The molecule has 0 saturated heterocycles. The monoisotopic (exact) mass is 353 g/mol. The molecule has 3 heteroatoms. The van der Waals surface area contributed by atoms with Crippen molar-refractivity contribution in [3.05, 3.63) is 89.5 Å². The van der Waals surface area contributed by atoms with Crippen molar-refractivity contribution < 1.29 is 0 Å². The van der Waals surface area contributed by atoms with Crippen LogP contribution in [0.3, 0.4) is 0 Å². The highest BCUT2D eigenvalue weighted by Gasteiger charge is 2.08. The molecule has 134 valence electrons. The molecule has 0 heterocycles. The first-order valence-electron chi connectivity index (χ1n) is 8.67. The van der Waals surface area contributed by atoms with Crippen LogP contribution in [-0.4, -0.2) is 12.6 Å². The van der Waals surface area contributed by atoms with Crippen molar-refractivity contribution in [2.75, 3.05) is 0 Å². The molecule has 0 bridgehead atoms. The van der Waals surface area contributed by atoms with Crippen molar-refractivity contribution in [3.8, 4) is 17.2 Å². The van der Waals surface area contributed by atoms with Crippen LogP contribution in [0.25, 0.3) is 11.1 Å². The number of nitriles is 1. The quantitative estimate of drug-likeness (QED) is 0.355. The Kier molecular flexibility index (Phi) is 6.79. The van der Waals surface area contributed by atoms with Crippen LogP contribution in [-0.2, 0) is 0 Å². The van der Waals surface area contributed by atoms with Crippen molar-refractivity contribution in [2.45, 2.75) is 20.8 Å². The van der Waals surface area contributed by atoms with Gasteiger partial charge in [0.15, 0.2) is 5.84 Å². The highest BCUT2D eigenvalue weighted by atomic mass is 14.9. The van der Waals surface area contributed by atoms with E-state index in [0.717, 1.165) is 33.5 Å². The molecular weight excluding hydrogens is 330 g/mol. The van der Waals surface area contributed by atoms with Crippen LogP contribution >= 0.6 is 0 Å². The Morgan fingerprint density at radius 2 is 1.81 bits per heavy atom. The van der Waals surface area contributed by atoms with Gasteiger partial charge >= 0.3 is 0 Å². The van der Waals surface area contributed by atoms with Crippen LogP contribution in [0.1, 0.15) is 23.6 Å². The summed E-state index contributed by atoms with van der Waals surface area (Å²) in [6.07, 6.45) is 7.49. The standard InChI is InChI=1S/C24H23N3/c1-6-8-9-20(7-2)24(26-5)27-23-15-17(3)22(14-18(23)4)21-12-10-19(16-25)11-13-21/h6-15H,2,5H2,1,3-4H3/b8-6-,20-9+,27-24?. The van der Waals surface area contributed by atoms with E-state index >= 15 is 0 Å². The Bertz CT molecular complexity index is 982. The van der Waals surface area contributed by atoms with Crippen LogP contribution in [0.4, 0.5) is 5.69 Å².